The van der Waals surface area contributed by atoms with Crippen LogP contribution in [-0.2, 0) is 4.79 Å². The molecule has 1 aromatic rings. The zero-order chi connectivity index (χ0) is 14.9. The Kier molecular flexibility index (Phi) is 4.11. The van der Waals surface area contributed by atoms with Gasteiger partial charge in [0.25, 0.3) is 5.91 Å². The summed E-state index contributed by atoms with van der Waals surface area (Å²) in [6, 6.07) is 1.95. The molecule has 1 N–H and O–H groups in total. The second-order valence-electron chi connectivity index (χ2n) is 5.69. The van der Waals surface area contributed by atoms with Crippen LogP contribution in [0, 0.1) is 5.92 Å². The van der Waals surface area contributed by atoms with Crippen molar-refractivity contribution in [1.29, 1.82) is 0 Å². The van der Waals surface area contributed by atoms with E-state index in [-0.39, 0.29) is 24.5 Å². The molecule has 20 heavy (non-hydrogen) atoms. The van der Waals surface area contributed by atoms with E-state index in [9.17, 15) is 9.59 Å². The Balaban J connectivity index is 2.15. The minimum Gasteiger partial charge on any atom is -0.481 e. The lowest BCUT2D eigenvalue weighted by atomic mass is 9.93. The van der Waals surface area contributed by atoms with Crippen molar-refractivity contribution in [2.75, 3.05) is 6.54 Å². The quantitative estimate of drug-likeness (QED) is 0.915. The molecule has 1 fully saturated rings. The predicted octanol–water partition coefficient (Wildman–Crippen LogP) is 1.79. The number of piperidine rings is 1. The van der Waals surface area contributed by atoms with Crippen molar-refractivity contribution in [2.45, 2.75) is 45.7 Å². The van der Waals surface area contributed by atoms with Crippen LogP contribution >= 0.6 is 0 Å². The van der Waals surface area contributed by atoms with E-state index < -0.39 is 11.9 Å². The topological polar surface area (TPSA) is 75.4 Å². The molecule has 110 valence electrons. The standard InChI is InChI=1S/C14H21N3O3/c1-9(2)17-7-6-12(15-17)13(18)16-8-11(14(19)20)5-4-10(16)3/h6-7,9-11H,4-5,8H2,1-3H3,(H,19,20). The lowest BCUT2D eigenvalue weighted by Gasteiger charge is -2.36. The van der Waals surface area contributed by atoms with E-state index in [2.05, 4.69) is 5.10 Å². The smallest absolute Gasteiger partial charge is 0.308 e. The number of nitrogens with zero attached hydrogens (tertiary/aromatic N) is 3. The maximum Gasteiger partial charge on any atom is 0.308 e. The molecule has 1 amide bonds. The van der Waals surface area contributed by atoms with Crippen molar-refractivity contribution in [2.24, 2.45) is 5.92 Å². The van der Waals surface area contributed by atoms with Crippen LogP contribution in [0.3, 0.4) is 0 Å². The molecular weight excluding hydrogens is 258 g/mol. The molecular formula is C14H21N3O3. The molecule has 0 aliphatic carbocycles. The summed E-state index contributed by atoms with van der Waals surface area (Å²) in [6.45, 7) is 6.20. The molecule has 1 aliphatic rings. The van der Waals surface area contributed by atoms with Gasteiger partial charge in [-0.3, -0.25) is 14.3 Å². The van der Waals surface area contributed by atoms with Gasteiger partial charge in [-0.25, -0.2) is 0 Å². The van der Waals surface area contributed by atoms with E-state index in [1.165, 1.54) is 0 Å². The molecule has 1 aliphatic heterocycles. The van der Waals surface area contributed by atoms with Gasteiger partial charge in [0.2, 0.25) is 0 Å². The zero-order valence-electron chi connectivity index (χ0n) is 12.1. The number of carboxylic acid groups (broad SMARTS) is 1. The first-order valence-corrected chi connectivity index (χ1v) is 6.99. The predicted molar refractivity (Wildman–Crippen MR) is 73.5 cm³/mol. The van der Waals surface area contributed by atoms with Gasteiger partial charge < -0.3 is 10.0 Å². The molecule has 0 saturated carbocycles. The number of aromatic nitrogens is 2. The van der Waals surface area contributed by atoms with E-state index in [4.69, 9.17) is 5.11 Å². The summed E-state index contributed by atoms with van der Waals surface area (Å²) in [5, 5.41) is 13.4. The van der Waals surface area contributed by atoms with Crippen LogP contribution in [0.5, 0.6) is 0 Å². The van der Waals surface area contributed by atoms with Gasteiger partial charge in [-0.05, 0) is 39.7 Å². The normalized spacial score (nSPS) is 23.1. The molecule has 1 aromatic heterocycles. The summed E-state index contributed by atoms with van der Waals surface area (Å²) in [7, 11) is 0. The Morgan fingerprint density at radius 2 is 2.10 bits per heavy atom. The second kappa shape index (κ2) is 5.64. The highest BCUT2D eigenvalue weighted by Crippen LogP contribution is 2.23. The largest absolute Gasteiger partial charge is 0.481 e. The molecule has 2 unspecified atom stereocenters. The Hall–Kier alpha value is -1.85. The molecule has 2 heterocycles. The van der Waals surface area contributed by atoms with Gasteiger partial charge in [-0.1, -0.05) is 0 Å². The second-order valence-corrected chi connectivity index (χ2v) is 5.69. The van der Waals surface area contributed by atoms with Crippen LogP contribution in [0.25, 0.3) is 0 Å². The number of aliphatic carboxylic acids is 1. The van der Waals surface area contributed by atoms with E-state index in [0.717, 1.165) is 0 Å². The fourth-order valence-corrected chi connectivity index (χ4v) is 2.48. The fourth-order valence-electron chi connectivity index (χ4n) is 2.48. The number of carboxylic acids is 1. The molecule has 6 nitrogen and oxygen atoms in total. The average Bonchev–Trinajstić information content (AvgIpc) is 2.88. The lowest BCUT2D eigenvalue weighted by Crippen LogP contribution is -2.47. The number of carbonyl (C=O) groups excluding carboxylic acids is 1. The van der Waals surface area contributed by atoms with E-state index >= 15 is 0 Å². The average molecular weight is 279 g/mol. The van der Waals surface area contributed by atoms with Crippen LogP contribution in [0.15, 0.2) is 12.3 Å². The van der Waals surface area contributed by atoms with Gasteiger partial charge in [0.05, 0.1) is 5.92 Å². The highest BCUT2D eigenvalue weighted by Gasteiger charge is 2.33. The molecule has 0 radical (unpaired) electrons. The van der Waals surface area contributed by atoms with Gasteiger partial charge in [-0.2, -0.15) is 5.10 Å². The molecule has 2 atom stereocenters. The van der Waals surface area contributed by atoms with E-state index in [0.29, 0.717) is 18.5 Å². The third kappa shape index (κ3) is 2.84. The highest BCUT2D eigenvalue weighted by atomic mass is 16.4. The van der Waals surface area contributed by atoms with Gasteiger partial charge in [0.15, 0.2) is 0 Å². The Morgan fingerprint density at radius 1 is 1.40 bits per heavy atom. The van der Waals surface area contributed by atoms with Crippen molar-refractivity contribution < 1.29 is 14.7 Å². The summed E-state index contributed by atoms with van der Waals surface area (Å²) in [5.74, 6) is -1.48. The number of likely N-dealkylation sites (tertiary alicyclic amines) is 1. The fraction of sp³-hybridized carbons (Fsp3) is 0.643. The lowest BCUT2D eigenvalue weighted by molar-refractivity contribution is -0.143. The SMILES string of the molecule is CC1CCC(C(=O)O)CN1C(=O)c1ccn(C(C)C)n1. The maximum absolute atomic E-state index is 12.5. The molecule has 6 heteroatoms. The van der Waals surface area contributed by atoms with Crippen LogP contribution in [0.2, 0.25) is 0 Å². The number of rotatable bonds is 3. The van der Waals surface area contributed by atoms with Crippen molar-refractivity contribution in [3.8, 4) is 0 Å². The minimum absolute atomic E-state index is 0.0577. The van der Waals surface area contributed by atoms with Crippen LogP contribution in [-0.4, -0.2) is 44.3 Å². The number of carbonyl (C=O) groups is 2. The summed E-state index contributed by atoms with van der Waals surface area (Å²) >= 11 is 0. The molecule has 0 bridgehead atoms. The Bertz CT molecular complexity index is 510. The monoisotopic (exact) mass is 279 g/mol. The van der Waals surface area contributed by atoms with Gasteiger partial charge in [0.1, 0.15) is 5.69 Å². The first-order valence-electron chi connectivity index (χ1n) is 6.99. The summed E-state index contributed by atoms with van der Waals surface area (Å²) in [5.41, 5.74) is 0.386. The molecule has 1 saturated heterocycles. The van der Waals surface area contributed by atoms with E-state index in [1.807, 2.05) is 20.8 Å². The van der Waals surface area contributed by atoms with Crippen molar-refractivity contribution in [3.05, 3.63) is 18.0 Å². The third-order valence-electron chi connectivity index (χ3n) is 3.85. The highest BCUT2D eigenvalue weighted by molar-refractivity contribution is 5.92. The maximum atomic E-state index is 12.5. The molecule has 0 aromatic carbocycles. The van der Waals surface area contributed by atoms with Gasteiger partial charge in [0, 0.05) is 24.8 Å². The Morgan fingerprint density at radius 3 is 2.65 bits per heavy atom. The summed E-state index contributed by atoms with van der Waals surface area (Å²) in [4.78, 5) is 25.2. The van der Waals surface area contributed by atoms with Crippen molar-refractivity contribution in [1.82, 2.24) is 14.7 Å². The summed E-state index contributed by atoms with van der Waals surface area (Å²) in [6.07, 6.45) is 3.12. The first-order chi connectivity index (χ1) is 9.40. The zero-order valence-corrected chi connectivity index (χ0v) is 12.1. The van der Waals surface area contributed by atoms with Crippen LogP contribution in [0.4, 0.5) is 0 Å². The van der Waals surface area contributed by atoms with Crippen LogP contribution < -0.4 is 0 Å². The number of hydrogen-bond acceptors (Lipinski definition) is 3. The van der Waals surface area contributed by atoms with Gasteiger partial charge in [-0.15, -0.1) is 0 Å². The van der Waals surface area contributed by atoms with E-state index in [1.54, 1.807) is 21.8 Å². The van der Waals surface area contributed by atoms with Crippen molar-refractivity contribution >= 4 is 11.9 Å². The molecule has 0 spiro atoms. The van der Waals surface area contributed by atoms with Crippen molar-refractivity contribution in [3.63, 3.8) is 0 Å². The number of hydrogen-bond donors (Lipinski definition) is 1. The molecule has 2 rings (SSSR count). The Labute approximate surface area is 118 Å². The minimum atomic E-state index is -0.831. The van der Waals surface area contributed by atoms with Crippen LogP contribution in [0.1, 0.15) is 50.1 Å². The third-order valence-corrected chi connectivity index (χ3v) is 3.85. The van der Waals surface area contributed by atoms with Gasteiger partial charge >= 0.3 is 5.97 Å². The first kappa shape index (κ1) is 14.6. The summed E-state index contributed by atoms with van der Waals surface area (Å²) < 4.78 is 1.73. The number of amides is 1.